The van der Waals surface area contributed by atoms with Crippen LogP contribution in [-0.4, -0.2) is 24.6 Å². The maximum atomic E-state index is 13.1. The number of nitro groups is 1. The number of rotatable bonds is 5. The van der Waals surface area contributed by atoms with Gasteiger partial charge in [-0.1, -0.05) is 0 Å². The molecule has 0 bridgehead atoms. The third kappa shape index (κ3) is 3.16. The standard InChI is InChI=1S/C12H16FN3O2/c13-10-1-2-12(16(17)18)11(7-10)15-6-4-9-3-5-14-8-9/h1-2,7,9,14-15H,3-6,8H2. The van der Waals surface area contributed by atoms with Gasteiger partial charge in [-0.2, -0.15) is 0 Å². The Morgan fingerprint density at radius 3 is 3.06 bits per heavy atom. The molecule has 18 heavy (non-hydrogen) atoms. The summed E-state index contributed by atoms with van der Waals surface area (Å²) in [6.07, 6.45) is 2.06. The molecular weight excluding hydrogens is 237 g/mol. The van der Waals surface area contributed by atoms with Crippen molar-refractivity contribution in [1.82, 2.24) is 5.32 Å². The molecule has 2 N–H and O–H groups in total. The Kier molecular flexibility index (Phi) is 4.09. The average molecular weight is 253 g/mol. The zero-order valence-corrected chi connectivity index (χ0v) is 9.99. The van der Waals surface area contributed by atoms with Crippen LogP contribution in [0.5, 0.6) is 0 Å². The Hall–Kier alpha value is -1.69. The molecule has 1 aromatic rings. The molecule has 1 aromatic carbocycles. The smallest absolute Gasteiger partial charge is 0.292 e. The largest absolute Gasteiger partial charge is 0.379 e. The molecule has 0 saturated carbocycles. The highest BCUT2D eigenvalue weighted by atomic mass is 19.1. The van der Waals surface area contributed by atoms with Crippen LogP contribution in [0.25, 0.3) is 0 Å². The second-order valence-electron chi connectivity index (χ2n) is 4.49. The normalized spacial score (nSPS) is 18.8. The van der Waals surface area contributed by atoms with Gasteiger partial charge < -0.3 is 10.6 Å². The number of hydrogen-bond donors (Lipinski definition) is 2. The SMILES string of the molecule is O=[N+]([O-])c1ccc(F)cc1NCCC1CCNC1. The molecule has 1 aliphatic heterocycles. The number of nitrogens with one attached hydrogen (secondary N) is 2. The molecule has 0 spiro atoms. The third-order valence-corrected chi connectivity index (χ3v) is 3.19. The number of nitro benzene ring substituents is 1. The van der Waals surface area contributed by atoms with E-state index in [1.807, 2.05) is 0 Å². The third-order valence-electron chi connectivity index (χ3n) is 3.19. The quantitative estimate of drug-likeness (QED) is 0.623. The minimum Gasteiger partial charge on any atom is -0.379 e. The van der Waals surface area contributed by atoms with Crippen molar-refractivity contribution >= 4 is 11.4 Å². The lowest BCUT2D eigenvalue weighted by molar-refractivity contribution is -0.384. The molecule has 2 rings (SSSR count). The highest BCUT2D eigenvalue weighted by molar-refractivity contribution is 5.61. The fraction of sp³-hybridized carbons (Fsp3) is 0.500. The van der Waals surface area contributed by atoms with Gasteiger partial charge in [0, 0.05) is 18.7 Å². The van der Waals surface area contributed by atoms with E-state index >= 15 is 0 Å². The zero-order chi connectivity index (χ0) is 13.0. The maximum Gasteiger partial charge on any atom is 0.292 e. The molecule has 1 heterocycles. The van der Waals surface area contributed by atoms with Gasteiger partial charge in [-0.05, 0) is 37.9 Å². The monoisotopic (exact) mass is 253 g/mol. The van der Waals surface area contributed by atoms with E-state index in [-0.39, 0.29) is 11.4 Å². The molecule has 1 saturated heterocycles. The van der Waals surface area contributed by atoms with Gasteiger partial charge in [0.2, 0.25) is 0 Å². The molecule has 0 amide bonds. The number of benzene rings is 1. The lowest BCUT2D eigenvalue weighted by atomic mass is 10.1. The molecule has 0 aromatic heterocycles. The van der Waals surface area contributed by atoms with Gasteiger partial charge in [-0.15, -0.1) is 0 Å². The summed E-state index contributed by atoms with van der Waals surface area (Å²) < 4.78 is 13.1. The van der Waals surface area contributed by atoms with E-state index in [1.165, 1.54) is 12.1 Å². The summed E-state index contributed by atoms with van der Waals surface area (Å²) in [4.78, 5) is 10.3. The summed E-state index contributed by atoms with van der Waals surface area (Å²) >= 11 is 0. The van der Waals surface area contributed by atoms with Crippen molar-refractivity contribution in [3.8, 4) is 0 Å². The van der Waals surface area contributed by atoms with Gasteiger partial charge in [0.05, 0.1) is 4.92 Å². The second-order valence-corrected chi connectivity index (χ2v) is 4.49. The van der Waals surface area contributed by atoms with E-state index < -0.39 is 10.7 Å². The van der Waals surface area contributed by atoms with E-state index in [0.717, 1.165) is 32.0 Å². The van der Waals surface area contributed by atoms with Gasteiger partial charge in [0.25, 0.3) is 5.69 Å². The molecule has 1 atom stereocenters. The summed E-state index contributed by atoms with van der Waals surface area (Å²) in [6, 6.07) is 3.46. The molecule has 1 fully saturated rings. The summed E-state index contributed by atoms with van der Waals surface area (Å²) in [6.45, 7) is 2.65. The van der Waals surface area contributed by atoms with Gasteiger partial charge in [-0.3, -0.25) is 10.1 Å². The maximum absolute atomic E-state index is 13.1. The predicted octanol–water partition coefficient (Wildman–Crippen LogP) is 2.15. The Morgan fingerprint density at radius 2 is 2.39 bits per heavy atom. The highest BCUT2D eigenvalue weighted by Crippen LogP contribution is 2.25. The van der Waals surface area contributed by atoms with Crippen LogP contribution in [-0.2, 0) is 0 Å². The Morgan fingerprint density at radius 1 is 1.56 bits per heavy atom. The molecule has 5 nitrogen and oxygen atoms in total. The molecule has 1 aliphatic rings. The zero-order valence-electron chi connectivity index (χ0n) is 9.99. The van der Waals surface area contributed by atoms with Crippen molar-refractivity contribution in [2.24, 2.45) is 5.92 Å². The van der Waals surface area contributed by atoms with Gasteiger partial charge in [0.15, 0.2) is 0 Å². The van der Waals surface area contributed by atoms with Gasteiger partial charge in [0.1, 0.15) is 11.5 Å². The summed E-state index contributed by atoms with van der Waals surface area (Å²) in [5, 5.41) is 17.0. The van der Waals surface area contributed by atoms with Crippen molar-refractivity contribution in [3.63, 3.8) is 0 Å². The highest BCUT2D eigenvalue weighted by Gasteiger charge is 2.16. The van der Waals surface area contributed by atoms with Crippen LogP contribution in [0, 0.1) is 21.8 Å². The fourth-order valence-corrected chi connectivity index (χ4v) is 2.18. The van der Waals surface area contributed by atoms with Crippen molar-refractivity contribution < 1.29 is 9.31 Å². The van der Waals surface area contributed by atoms with E-state index in [2.05, 4.69) is 10.6 Å². The van der Waals surface area contributed by atoms with Crippen LogP contribution in [0.2, 0.25) is 0 Å². The van der Waals surface area contributed by atoms with E-state index in [4.69, 9.17) is 0 Å². The minimum absolute atomic E-state index is 0.0825. The number of anilines is 1. The average Bonchev–Trinajstić information content (AvgIpc) is 2.82. The lowest BCUT2D eigenvalue weighted by Gasteiger charge is -2.10. The van der Waals surface area contributed by atoms with E-state index in [1.54, 1.807) is 0 Å². The number of hydrogen-bond acceptors (Lipinski definition) is 4. The van der Waals surface area contributed by atoms with Crippen LogP contribution in [0.1, 0.15) is 12.8 Å². The van der Waals surface area contributed by atoms with Gasteiger partial charge in [-0.25, -0.2) is 4.39 Å². The second kappa shape index (κ2) is 5.77. The van der Waals surface area contributed by atoms with Crippen molar-refractivity contribution in [2.45, 2.75) is 12.8 Å². The Balaban J connectivity index is 1.94. The molecule has 0 aliphatic carbocycles. The molecule has 1 unspecified atom stereocenters. The summed E-state index contributed by atoms with van der Waals surface area (Å²) in [5.74, 6) is 0.135. The predicted molar refractivity (Wildman–Crippen MR) is 67.1 cm³/mol. The van der Waals surface area contributed by atoms with E-state index in [0.29, 0.717) is 12.5 Å². The van der Waals surface area contributed by atoms with Crippen LogP contribution in [0.4, 0.5) is 15.8 Å². The lowest BCUT2D eigenvalue weighted by Crippen LogP contribution is -2.13. The molecule has 6 heteroatoms. The Bertz CT molecular complexity index is 433. The summed E-state index contributed by atoms with van der Waals surface area (Å²) in [7, 11) is 0. The first kappa shape index (κ1) is 12.8. The number of halogens is 1. The van der Waals surface area contributed by atoms with Crippen molar-refractivity contribution in [2.75, 3.05) is 25.0 Å². The number of nitrogens with zero attached hydrogens (tertiary/aromatic N) is 1. The topological polar surface area (TPSA) is 67.2 Å². The van der Waals surface area contributed by atoms with Crippen LogP contribution in [0.3, 0.4) is 0 Å². The van der Waals surface area contributed by atoms with Crippen LogP contribution < -0.4 is 10.6 Å². The molecule has 0 radical (unpaired) electrons. The first-order valence-corrected chi connectivity index (χ1v) is 6.05. The van der Waals surface area contributed by atoms with Crippen LogP contribution in [0.15, 0.2) is 18.2 Å². The minimum atomic E-state index is -0.501. The first-order valence-electron chi connectivity index (χ1n) is 6.05. The van der Waals surface area contributed by atoms with E-state index in [9.17, 15) is 14.5 Å². The van der Waals surface area contributed by atoms with Gasteiger partial charge >= 0.3 is 0 Å². The summed E-state index contributed by atoms with van der Waals surface area (Å²) in [5.41, 5.74) is 0.173. The molecular formula is C12H16FN3O2. The fourth-order valence-electron chi connectivity index (χ4n) is 2.18. The van der Waals surface area contributed by atoms with Crippen molar-refractivity contribution in [3.05, 3.63) is 34.1 Å². The Labute approximate surface area is 105 Å². The first-order chi connectivity index (χ1) is 8.66. The molecule has 98 valence electrons. The van der Waals surface area contributed by atoms with Crippen molar-refractivity contribution in [1.29, 1.82) is 0 Å². The van der Waals surface area contributed by atoms with Crippen LogP contribution >= 0.6 is 0 Å².